The monoisotopic (exact) mass is 335 g/mol. The zero-order valence-electron chi connectivity index (χ0n) is 12.8. The number of halogens is 1. The van der Waals surface area contributed by atoms with Crippen LogP contribution in [0.15, 0.2) is 34.9 Å². The number of likely N-dealkylation sites (N-methyl/N-ethyl adjacent to an activating group) is 1. The third-order valence-corrected chi connectivity index (χ3v) is 3.41. The van der Waals surface area contributed by atoms with Crippen LogP contribution in [0.2, 0.25) is 5.02 Å². The van der Waals surface area contributed by atoms with Gasteiger partial charge in [0.2, 0.25) is 11.8 Å². The summed E-state index contributed by atoms with van der Waals surface area (Å²) in [5.74, 6) is 0.577. The van der Waals surface area contributed by atoms with Gasteiger partial charge in [-0.05, 0) is 19.1 Å². The van der Waals surface area contributed by atoms with Gasteiger partial charge in [-0.15, -0.1) is 0 Å². The van der Waals surface area contributed by atoms with Gasteiger partial charge in [0.1, 0.15) is 0 Å². The third-order valence-electron chi connectivity index (χ3n) is 3.08. The highest BCUT2D eigenvalue weighted by atomic mass is 35.5. The van der Waals surface area contributed by atoms with E-state index in [0.29, 0.717) is 29.6 Å². The molecule has 0 atom stereocenters. The fourth-order valence-electron chi connectivity index (χ4n) is 1.96. The Balaban J connectivity index is 1.84. The fourth-order valence-corrected chi connectivity index (χ4v) is 2.19. The molecular formula is C16H18ClN3O3. The number of nitrogens with one attached hydrogen (secondary N) is 2. The number of amides is 2. The largest absolute Gasteiger partial charge is 0.441 e. The van der Waals surface area contributed by atoms with Gasteiger partial charge >= 0.3 is 0 Å². The van der Waals surface area contributed by atoms with Crippen LogP contribution < -0.4 is 10.6 Å². The number of aromatic nitrogens is 1. The van der Waals surface area contributed by atoms with Crippen LogP contribution in [0, 0.1) is 0 Å². The number of hydrogen-bond acceptors (Lipinski definition) is 4. The van der Waals surface area contributed by atoms with Crippen molar-refractivity contribution in [1.82, 2.24) is 15.6 Å². The molecule has 0 saturated heterocycles. The van der Waals surface area contributed by atoms with Crippen molar-refractivity contribution in [2.75, 3.05) is 13.1 Å². The molecule has 2 rings (SSSR count). The van der Waals surface area contributed by atoms with Crippen molar-refractivity contribution in [3.05, 3.63) is 41.4 Å². The molecule has 1 aromatic heterocycles. The van der Waals surface area contributed by atoms with Crippen LogP contribution in [0.25, 0.3) is 11.3 Å². The first-order valence-electron chi connectivity index (χ1n) is 7.33. The molecule has 122 valence electrons. The molecular weight excluding hydrogens is 318 g/mol. The summed E-state index contributed by atoms with van der Waals surface area (Å²) in [6.07, 6.45) is 2.14. The van der Waals surface area contributed by atoms with Crippen molar-refractivity contribution < 1.29 is 14.0 Å². The van der Waals surface area contributed by atoms with Crippen molar-refractivity contribution in [1.29, 1.82) is 0 Å². The summed E-state index contributed by atoms with van der Waals surface area (Å²) >= 11 is 6.10. The van der Waals surface area contributed by atoms with Crippen molar-refractivity contribution in [2.24, 2.45) is 0 Å². The van der Waals surface area contributed by atoms with Crippen LogP contribution in [-0.4, -0.2) is 29.9 Å². The van der Waals surface area contributed by atoms with Gasteiger partial charge in [0, 0.05) is 24.9 Å². The van der Waals surface area contributed by atoms with Crippen molar-refractivity contribution in [3.63, 3.8) is 0 Å². The molecule has 0 radical (unpaired) electrons. The normalized spacial score (nSPS) is 10.3. The number of oxazole rings is 1. The Bertz CT molecular complexity index is 685. The highest BCUT2D eigenvalue weighted by Crippen LogP contribution is 2.28. The molecule has 0 aliphatic rings. The lowest BCUT2D eigenvalue weighted by Crippen LogP contribution is -2.36. The first-order chi connectivity index (χ1) is 11.1. The predicted molar refractivity (Wildman–Crippen MR) is 87.0 cm³/mol. The molecule has 0 bridgehead atoms. The molecule has 1 heterocycles. The van der Waals surface area contributed by atoms with Gasteiger partial charge in [0.15, 0.2) is 11.7 Å². The standard InChI is InChI=1S/C16H18ClN3O3/c1-2-18-15(22)10-19-14(21)7-8-16-20-9-13(23-16)11-5-3-4-6-12(11)17/h3-6,9H,2,7-8,10H2,1H3,(H,18,22)(H,19,21). The van der Waals surface area contributed by atoms with Crippen molar-refractivity contribution >= 4 is 23.4 Å². The molecule has 0 fully saturated rings. The van der Waals surface area contributed by atoms with E-state index < -0.39 is 0 Å². The van der Waals surface area contributed by atoms with Crippen LogP contribution in [0.1, 0.15) is 19.2 Å². The Labute approximate surface area is 139 Å². The summed E-state index contributed by atoms with van der Waals surface area (Å²) in [6, 6.07) is 7.31. The summed E-state index contributed by atoms with van der Waals surface area (Å²) in [4.78, 5) is 27.1. The molecule has 2 aromatic rings. The maximum absolute atomic E-state index is 11.7. The number of aryl methyl sites for hydroxylation is 1. The topological polar surface area (TPSA) is 84.2 Å². The summed E-state index contributed by atoms with van der Waals surface area (Å²) in [5.41, 5.74) is 0.758. The molecule has 0 saturated carbocycles. The lowest BCUT2D eigenvalue weighted by atomic mass is 10.2. The van der Waals surface area contributed by atoms with Crippen molar-refractivity contribution in [3.8, 4) is 11.3 Å². The molecule has 0 spiro atoms. The number of rotatable bonds is 7. The number of nitrogens with zero attached hydrogens (tertiary/aromatic N) is 1. The highest BCUT2D eigenvalue weighted by molar-refractivity contribution is 6.33. The van der Waals surface area contributed by atoms with Gasteiger partial charge in [-0.3, -0.25) is 9.59 Å². The Morgan fingerprint density at radius 1 is 1.22 bits per heavy atom. The Kier molecular flexibility index (Phi) is 6.17. The van der Waals surface area contributed by atoms with Crippen LogP contribution in [-0.2, 0) is 16.0 Å². The SMILES string of the molecule is CCNC(=O)CNC(=O)CCc1ncc(-c2ccccc2Cl)o1. The van der Waals surface area contributed by atoms with Crippen LogP contribution in [0.4, 0.5) is 0 Å². The molecule has 23 heavy (non-hydrogen) atoms. The Hall–Kier alpha value is -2.34. The van der Waals surface area contributed by atoms with Gasteiger partial charge in [0.25, 0.3) is 0 Å². The van der Waals surface area contributed by atoms with Crippen LogP contribution in [0.3, 0.4) is 0 Å². The minimum Gasteiger partial charge on any atom is -0.441 e. The lowest BCUT2D eigenvalue weighted by Gasteiger charge is -2.04. The summed E-state index contributed by atoms with van der Waals surface area (Å²) in [5, 5.41) is 5.73. The molecule has 2 amide bonds. The van der Waals surface area contributed by atoms with E-state index in [2.05, 4.69) is 15.6 Å². The minimum absolute atomic E-state index is 0.0247. The summed E-state index contributed by atoms with van der Waals surface area (Å²) < 4.78 is 5.61. The maximum Gasteiger partial charge on any atom is 0.239 e. The maximum atomic E-state index is 11.7. The van der Waals surface area contributed by atoms with E-state index in [1.54, 1.807) is 12.3 Å². The van der Waals surface area contributed by atoms with E-state index in [9.17, 15) is 9.59 Å². The first kappa shape index (κ1) is 17.0. The predicted octanol–water partition coefficient (Wildman–Crippen LogP) is 2.18. The minimum atomic E-state index is -0.228. The van der Waals surface area contributed by atoms with Gasteiger partial charge in [-0.2, -0.15) is 0 Å². The summed E-state index contributed by atoms with van der Waals surface area (Å²) in [6.45, 7) is 2.33. The number of hydrogen-bond donors (Lipinski definition) is 2. The van der Waals surface area contributed by atoms with E-state index in [4.69, 9.17) is 16.0 Å². The molecule has 6 nitrogen and oxygen atoms in total. The Morgan fingerprint density at radius 2 is 2.00 bits per heavy atom. The second-order valence-electron chi connectivity index (χ2n) is 4.83. The van der Waals surface area contributed by atoms with Crippen LogP contribution >= 0.6 is 11.6 Å². The zero-order valence-corrected chi connectivity index (χ0v) is 13.5. The smallest absolute Gasteiger partial charge is 0.239 e. The van der Waals surface area contributed by atoms with Gasteiger partial charge < -0.3 is 15.1 Å². The van der Waals surface area contributed by atoms with Crippen LogP contribution in [0.5, 0.6) is 0 Å². The van der Waals surface area contributed by atoms with E-state index in [0.717, 1.165) is 5.56 Å². The average molecular weight is 336 g/mol. The molecule has 0 aliphatic carbocycles. The number of benzene rings is 1. The number of carbonyl (C=O) groups excluding carboxylic acids is 2. The van der Waals surface area contributed by atoms with E-state index in [1.807, 2.05) is 25.1 Å². The van der Waals surface area contributed by atoms with Gasteiger partial charge in [-0.1, -0.05) is 23.7 Å². The highest BCUT2D eigenvalue weighted by Gasteiger charge is 2.11. The van der Waals surface area contributed by atoms with E-state index in [1.165, 1.54) is 0 Å². The van der Waals surface area contributed by atoms with E-state index >= 15 is 0 Å². The second kappa shape index (κ2) is 8.33. The second-order valence-corrected chi connectivity index (χ2v) is 5.24. The molecule has 1 aromatic carbocycles. The molecule has 7 heteroatoms. The lowest BCUT2D eigenvalue weighted by molar-refractivity contribution is -0.126. The average Bonchev–Trinajstić information content (AvgIpc) is 3.00. The third kappa shape index (κ3) is 5.10. The first-order valence-corrected chi connectivity index (χ1v) is 7.71. The Morgan fingerprint density at radius 3 is 2.74 bits per heavy atom. The molecule has 2 N–H and O–H groups in total. The number of carbonyl (C=O) groups is 2. The van der Waals surface area contributed by atoms with Crippen molar-refractivity contribution in [2.45, 2.75) is 19.8 Å². The zero-order chi connectivity index (χ0) is 16.7. The quantitative estimate of drug-likeness (QED) is 0.812. The van der Waals surface area contributed by atoms with Gasteiger partial charge in [0.05, 0.1) is 17.8 Å². The fraction of sp³-hybridized carbons (Fsp3) is 0.312. The summed E-state index contributed by atoms with van der Waals surface area (Å²) in [7, 11) is 0. The van der Waals surface area contributed by atoms with E-state index in [-0.39, 0.29) is 24.8 Å². The molecule has 0 aliphatic heterocycles. The molecule has 0 unspecified atom stereocenters. The van der Waals surface area contributed by atoms with Gasteiger partial charge in [-0.25, -0.2) is 4.98 Å².